The van der Waals surface area contributed by atoms with Crippen molar-refractivity contribution in [2.45, 2.75) is 18.6 Å². The molecule has 0 aliphatic heterocycles. The van der Waals surface area contributed by atoms with Crippen molar-refractivity contribution in [3.05, 3.63) is 18.0 Å². The van der Waals surface area contributed by atoms with Crippen molar-refractivity contribution in [2.24, 2.45) is 12.8 Å². The van der Waals surface area contributed by atoms with E-state index in [2.05, 4.69) is 10.4 Å². The Morgan fingerprint density at radius 1 is 1.67 bits per heavy atom. The maximum atomic E-state index is 11.6. The molecule has 1 aromatic rings. The summed E-state index contributed by atoms with van der Waals surface area (Å²) in [7, 11) is 1.68. The lowest BCUT2D eigenvalue weighted by Gasteiger charge is -2.19. The van der Waals surface area contributed by atoms with Gasteiger partial charge in [-0.3, -0.25) is 9.48 Å². The second-order valence-electron chi connectivity index (χ2n) is 4.22. The zero-order valence-electron chi connectivity index (χ0n) is 10.1. The monoisotopic (exact) mass is 256 g/mol. The molecule has 8 nitrogen and oxygen atoms in total. The molecular formula is C10H16N4O4. The lowest BCUT2D eigenvalue weighted by atomic mass is 10.1. The smallest absolute Gasteiger partial charge is 0.337 e. The quantitative estimate of drug-likeness (QED) is 0.500. The Hall–Kier alpha value is -1.93. The molecule has 5 N–H and O–H groups in total. The van der Waals surface area contributed by atoms with Gasteiger partial charge in [0, 0.05) is 18.8 Å². The summed E-state index contributed by atoms with van der Waals surface area (Å²) in [6, 6.07) is -0.955. The van der Waals surface area contributed by atoms with Gasteiger partial charge in [-0.2, -0.15) is 5.10 Å². The Morgan fingerprint density at radius 2 is 2.28 bits per heavy atom. The van der Waals surface area contributed by atoms with E-state index in [9.17, 15) is 14.7 Å². The lowest BCUT2D eigenvalue weighted by Crippen LogP contribution is -2.48. The molecule has 0 aliphatic carbocycles. The van der Waals surface area contributed by atoms with Gasteiger partial charge < -0.3 is 21.3 Å². The van der Waals surface area contributed by atoms with Crippen molar-refractivity contribution < 1.29 is 19.8 Å². The van der Waals surface area contributed by atoms with Gasteiger partial charge in [-0.05, 0) is 6.92 Å². The van der Waals surface area contributed by atoms with Gasteiger partial charge in [0.25, 0.3) is 0 Å². The van der Waals surface area contributed by atoms with Crippen LogP contribution in [0.5, 0.6) is 0 Å². The van der Waals surface area contributed by atoms with Crippen LogP contribution in [0.25, 0.3) is 0 Å². The molecule has 8 heteroatoms. The van der Waals surface area contributed by atoms with Crippen LogP contribution >= 0.6 is 0 Å². The van der Waals surface area contributed by atoms with E-state index in [0.717, 1.165) is 6.92 Å². The molecule has 0 fully saturated rings. The van der Waals surface area contributed by atoms with Crippen LogP contribution in [0.2, 0.25) is 0 Å². The van der Waals surface area contributed by atoms with Crippen LogP contribution in [0, 0.1) is 0 Å². The number of aromatic nitrogens is 2. The van der Waals surface area contributed by atoms with E-state index in [-0.39, 0.29) is 0 Å². The predicted molar refractivity (Wildman–Crippen MR) is 61.4 cm³/mol. The molecule has 1 heterocycles. The molecule has 2 unspecified atom stereocenters. The second-order valence-corrected chi connectivity index (χ2v) is 4.22. The van der Waals surface area contributed by atoms with Gasteiger partial charge in [0.1, 0.15) is 6.04 Å². The fraction of sp³-hybridized carbons (Fsp3) is 0.500. The lowest BCUT2D eigenvalue weighted by molar-refractivity contribution is -0.156. The number of carboxylic acids is 1. The number of nitrogens with two attached hydrogens (primary N) is 1. The molecule has 1 amide bonds. The number of hydrogen-bond acceptors (Lipinski definition) is 5. The summed E-state index contributed by atoms with van der Waals surface area (Å²) < 4.78 is 1.50. The highest BCUT2D eigenvalue weighted by Crippen LogP contribution is 2.09. The van der Waals surface area contributed by atoms with Gasteiger partial charge >= 0.3 is 5.97 Å². The maximum Gasteiger partial charge on any atom is 0.337 e. The van der Waals surface area contributed by atoms with Crippen LogP contribution in [-0.2, 0) is 16.6 Å². The predicted octanol–water partition coefficient (Wildman–Crippen LogP) is -1.63. The molecule has 0 aliphatic rings. The van der Waals surface area contributed by atoms with Crippen LogP contribution in [0.15, 0.2) is 12.4 Å². The molecule has 1 aromatic heterocycles. The summed E-state index contributed by atoms with van der Waals surface area (Å²) >= 11 is 0. The molecule has 2 atom stereocenters. The van der Waals surface area contributed by atoms with Gasteiger partial charge in [0.05, 0.1) is 12.7 Å². The molecule has 0 saturated heterocycles. The number of aliphatic hydroxyl groups is 1. The Balaban J connectivity index is 2.59. The summed E-state index contributed by atoms with van der Waals surface area (Å²) in [5, 5.41) is 24.2. The zero-order chi connectivity index (χ0) is 13.9. The zero-order valence-corrected chi connectivity index (χ0v) is 10.1. The normalized spacial score (nSPS) is 15.8. The first-order chi connectivity index (χ1) is 8.24. The SMILES string of the molecule is Cn1cc(C(N)C(=O)NCC(C)(O)C(=O)O)cn1. The number of carboxylic acid groups (broad SMARTS) is 1. The number of rotatable bonds is 5. The van der Waals surface area contributed by atoms with Crippen LogP contribution in [0.1, 0.15) is 18.5 Å². The van der Waals surface area contributed by atoms with Crippen LogP contribution < -0.4 is 11.1 Å². The molecule has 0 aromatic carbocycles. The average Bonchev–Trinajstić information content (AvgIpc) is 2.71. The van der Waals surface area contributed by atoms with Gasteiger partial charge in [0.15, 0.2) is 5.60 Å². The summed E-state index contributed by atoms with van der Waals surface area (Å²) in [5.74, 6) is -2.00. The number of amides is 1. The van der Waals surface area contributed by atoms with E-state index in [1.165, 1.54) is 10.9 Å². The maximum absolute atomic E-state index is 11.6. The summed E-state index contributed by atoms with van der Waals surface area (Å²) in [5.41, 5.74) is 4.14. The van der Waals surface area contributed by atoms with Gasteiger partial charge in [-0.25, -0.2) is 4.79 Å². The largest absolute Gasteiger partial charge is 0.479 e. The molecule has 1 rings (SSSR count). The number of nitrogens with zero attached hydrogens (tertiary/aromatic N) is 2. The molecule has 100 valence electrons. The highest BCUT2D eigenvalue weighted by Gasteiger charge is 2.31. The van der Waals surface area contributed by atoms with E-state index < -0.39 is 30.1 Å². The highest BCUT2D eigenvalue weighted by atomic mass is 16.4. The van der Waals surface area contributed by atoms with E-state index in [1.54, 1.807) is 13.2 Å². The minimum atomic E-state index is -2.02. The third-order valence-electron chi connectivity index (χ3n) is 2.43. The minimum absolute atomic E-state index is 0.421. The van der Waals surface area contributed by atoms with Gasteiger partial charge in [0.2, 0.25) is 5.91 Å². The van der Waals surface area contributed by atoms with Gasteiger partial charge in [-0.1, -0.05) is 0 Å². The Bertz CT molecular complexity index is 454. The van der Waals surface area contributed by atoms with Crippen molar-refractivity contribution in [3.63, 3.8) is 0 Å². The summed E-state index contributed by atoms with van der Waals surface area (Å²) in [6.45, 7) is 0.667. The van der Waals surface area contributed by atoms with Crippen LogP contribution in [0.4, 0.5) is 0 Å². The van der Waals surface area contributed by atoms with E-state index in [0.29, 0.717) is 5.56 Å². The molecule has 0 spiro atoms. The topological polar surface area (TPSA) is 130 Å². The van der Waals surface area contributed by atoms with Crippen molar-refractivity contribution in [3.8, 4) is 0 Å². The number of hydrogen-bond donors (Lipinski definition) is 4. The fourth-order valence-electron chi connectivity index (χ4n) is 1.20. The Labute approximate surface area is 103 Å². The molecule has 0 radical (unpaired) electrons. The number of nitrogens with one attached hydrogen (secondary N) is 1. The second kappa shape index (κ2) is 5.15. The fourth-order valence-corrected chi connectivity index (χ4v) is 1.20. The van der Waals surface area contributed by atoms with E-state index in [4.69, 9.17) is 10.8 Å². The van der Waals surface area contributed by atoms with Crippen LogP contribution in [-0.4, -0.2) is 44.0 Å². The average molecular weight is 256 g/mol. The third-order valence-corrected chi connectivity index (χ3v) is 2.43. The van der Waals surface area contributed by atoms with Gasteiger partial charge in [-0.15, -0.1) is 0 Å². The summed E-state index contributed by atoms with van der Waals surface area (Å²) in [6.07, 6.45) is 3.03. The first-order valence-electron chi connectivity index (χ1n) is 5.21. The Morgan fingerprint density at radius 3 is 2.72 bits per heavy atom. The molecular weight excluding hydrogens is 240 g/mol. The number of aliphatic carboxylic acids is 1. The van der Waals surface area contributed by atoms with Crippen LogP contribution in [0.3, 0.4) is 0 Å². The minimum Gasteiger partial charge on any atom is -0.479 e. The van der Waals surface area contributed by atoms with Crippen molar-refractivity contribution in [2.75, 3.05) is 6.54 Å². The van der Waals surface area contributed by atoms with Crippen molar-refractivity contribution in [1.29, 1.82) is 0 Å². The molecule has 0 saturated carbocycles. The van der Waals surface area contributed by atoms with Crippen molar-refractivity contribution in [1.82, 2.24) is 15.1 Å². The van der Waals surface area contributed by atoms with Crippen molar-refractivity contribution >= 4 is 11.9 Å². The first kappa shape index (κ1) is 14.1. The standard InChI is InChI=1S/C10H16N4O4/c1-10(18,9(16)17)5-12-8(15)7(11)6-3-13-14(2)4-6/h3-4,7,18H,5,11H2,1-2H3,(H,12,15)(H,16,17). The Kier molecular flexibility index (Phi) is 4.04. The number of carbonyl (C=O) groups excluding carboxylic acids is 1. The van der Waals surface area contributed by atoms with E-state index in [1.807, 2.05) is 0 Å². The van der Waals surface area contributed by atoms with E-state index >= 15 is 0 Å². The highest BCUT2D eigenvalue weighted by molar-refractivity contribution is 5.84. The summed E-state index contributed by atoms with van der Waals surface area (Å²) in [4.78, 5) is 22.3. The molecule has 18 heavy (non-hydrogen) atoms. The first-order valence-corrected chi connectivity index (χ1v) is 5.21. The number of carbonyl (C=O) groups is 2. The third kappa shape index (κ3) is 3.28. The number of aryl methyl sites for hydroxylation is 1. The molecule has 0 bridgehead atoms.